The van der Waals surface area contributed by atoms with Gasteiger partial charge in [0.15, 0.2) is 0 Å². The van der Waals surface area contributed by atoms with E-state index in [-0.39, 0.29) is 11.1 Å². The minimum Gasteiger partial charge on any atom is -0.284 e. The number of aromatic amines is 1. The average Bonchev–Trinajstić information content (AvgIpc) is 2.43. The van der Waals surface area contributed by atoms with Crippen molar-refractivity contribution in [1.29, 1.82) is 0 Å². The molecule has 1 rings (SSSR count). The summed E-state index contributed by atoms with van der Waals surface area (Å²) in [5.41, 5.74) is 2.19. The van der Waals surface area contributed by atoms with Gasteiger partial charge in [-0.2, -0.15) is 0 Å². The Kier molecular flexibility index (Phi) is 4.46. The molecule has 1 heterocycles. The summed E-state index contributed by atoms with van der Waals surface area (Å²) in [4.78, 5) is 12.1. The van der Waals surface area contributed by atoms with E-state index in [1.54, 1.807) is 0 Å². The molecule has 0 saturated heterocycles. The van der Waals surface area contributed by atoms with Gasteiger partial charge in [-0.1, -0.05) is 27.7 Å². The largest absolute Gasteiger partial charge is 0.284 e. The first-order valence-corrected chi connectivity index (χ1v) is 6.96. The predicted octanol–water partition coefficient (Wildman–Crippen LogP) is 3.33. The van der Waals surface area contributed by atoms with Crippen molar-refractivity contribution in [2.45, 2.75) is 66.8 Å². The van der Waals surface area contributed by atoms with Crippen LogP contribution in [0.3, 0.4) is 0 Å². The highest BCUT2D eigenvalue weighted by molar-refractivity contribution is 5.20. The van der Waals surface area contributed by atoms with Crippen LogP contribution in [0.25, 0.3) is 0 Å². The number of nitrogens with zero attached hydrogens (tertiary/aromatic N) is 1. The molecule has 18 heavy (non-hydrogen) atoms. The van der Waals surface area contributed by atoms with Gasteiger partial charge in [-0.3, -0.25) is 14.6 Å². The van der Waals surface area contributed by atoms with Crippen molar-refractivity contribution in [2.24, 2.45) is 11.8 Å². The van der Waals surface area contributed by atoms with Gasteiger partial charge < -0.3 is 0 Å². The molecule has 0 atom stereocenters. The van der Waals surface area contributed by atoms with Gasteiger partial charge in [0, 0.05) is 11.3 Å². The topological polar surface area (TPSA) is 37.8 Å². The van der Waals surface area contributed by atoms with E-state index < -0.39 is 0 Å². The van der Waals surface area contributed by atoms with Crippen LogP contribution in [0.4, 0.5) is 0 Å². The summed E-state index contributed by atoms with van der Waals surface area (Å²) in [6.45, 7) is 15.1. The maximum atomic E-state index is 12.1. The third-order valence-corrected chi connectivity index (χ3v) is 2.99. The maximum absolute atomic E-state index is 12.1. The Labute approximate surface area is 111 Å². The Morgan fingerprint density at radius 2 is 1.56 bits per heavy atom. The van der Waals surface area contributed by atoms with E-state index in [0.717, 1.165) is 18.4 Å². The van der Waals surface area contributed by atoms with E-state index in [4.69, 9.17) is 0 Å². The normalized spacial score (nSPS) is 12.7. The van der Waals surface area contributed by atoms with Gasteiger partial charge in [-0.15, -0.1) is 0 Å². The van der Waals surface area contributed by atoms with Crippen molar-refractivity contribution >= 4 is 0 Å². The number of rotatable bonds is 4. The zero-order chi connectivity index (χ0) is 14.1. The van der Waals surface area contributed by atoms with Gasteiger partial charge in [-0.25, -0.2) is 0 Å². The van der Waals surface area contributed by atoms with Gasteiger partial charge in [-0.05, 0) is 45.4 Å². The molecule has 0 fully saturated rings. The SMILES string of the molecule is CC(C)Cc1c(CC(C)C)n(C(C)(C)C)[nH]c1=O. The van der Waals surface area contributed by atoms with E-state index in [1.807, 2.05) is 0 Å². The molecule has 0 unspecified atom stereocenters. The fourth-order valence-electron chi connectivity index (χ4n) is 2.30. The van der Waals surface area contributed by atoms with Crippen LogP contribution in [0.1, 0.15) is 59.7 Å². The Hall–Kier alpha value is -0.990. The molecule has 0 amide bonds. The molecule has 3 heteroatoms. The van der Waals surface area contributed by atoms with Crippen molar-refractivity contribution in [3.8, 4) is 0 Å². The molecule has 3 nitrogen and oxygen atoms in total. The number of hydrogen-bond donors (Lipinski definition) is 1. The van der Waals surface area contributed by atoms with Crippen molar-refractivity contribution in [3.63, 3.8) is 0 Å². The van der Waals surface area contributed by atoms with Crippen LogP contribution >= 0.6 is 0 Å². The van der Waals surface area contributed by atoms with Crippen LogP contribution in [-0.2, 0) is 18.4 Å². The van der Waals surface area contributed by atoms with Crippen LogP contribution in [0, 0.1) is 11.8 Å². The van der Waals surface area contributed by atoms with Gasteiger partial charge in [0.1, 0.15) is 0 Å². The highest BCUT2D eigenvalue weighted by Gasteiger charge is 2.23. The molecule has 0 spiro atoms. The summed E-state index contributed by atoms with van der Waals surface area (Å²) in [5, 5.41) is 3.03. The van der Waals surface area contributed by atoms with E-state index in [0.29, 0.717) is 11.8 Å². The van der Waals surface area contributed by atoms with Gasteiger partial charge in [0.2, 0.25) is 0 Å². The summed E-state index contributed by atoms with van der Waals surface area (Å²) in [7, 11) is 0. The lowest BCUT2D eigenvalue weighted by molar-refractivity contribution is 0.336. The fourth-order valence-corrected chi connectivity index (χ4v) is 2.30. The Bertz CT molecular complexity index is 444. The first kappa shape index (κ1) is 15.1. The van der Waals surface area contributed by atoms with E-state index in [1.165, 1.54) is 5.69 Å². The number of aromatic nitrogens is 2. The monoisotopic (exact) mass is 252 g/mol. The average molecular weight is 252 g/mol. The lowest BCUT2D eigenvalue weighted by Crippen LogP contribution is -2.27. The summed E-state index contributed by atoms with van der Waals surface area (Å²) in [6.07, 6.45) is 1.82. The fraction of sp³-hybridized carbons (Fsp3) is 0.800. The highest BCUT2D eigenvalue weighted by atomic mass is 16.1. The van der Waals surface area contributed by atoms with Crippen molar-refractivity contribution in [3.05, 3.63) is 21.6 Å². The van der Waals surface area contributed by atoms with E-state index in [9.17, 15) is 4.79 Å². The number of hydrogen-bond acceptors (Lipinski definition) is 1. The molecule has 0 aliphatic heterocycles. The third kappa shape index (κ3) is 3.50. The molecule has 0 aromatic carbocycles. The van der Waals surface area contributed by atoms with Crippen molar-refractivity contribution < 1.29 is 0 Å². The molecular weight excluding hydrogens is 224 g/mol. The summed E-state index contributed by atoms with van der Waals surface area (Å²) in [6, 6.07) is 0. The smallest absolute Gasteiger partial charge is 0.267 e. The van der Waals surface area contributed by atoms with Crippen LogP contribution < -0.4 is 5.56 Å². The van der Waals surface area contributed by atoms with Crippen molar-refractivity contribution in [2.75, 3.05) is 0 Å². The number of H-pyrrole nitrogens is 1. The zero-order valence-corrected chi connectivity index (χ0v) is 12.9. The van der Waals surface area contributed by atoms with Gasteiger partial charge in [0.05, 0.1) is 5.54 Å². The Balaban J connectivity index is 3.32. The van der Waals surface area contributed by atoms with E-state index >= 15 is 0 Å². The highest BCUT2D eigenvalue weighted by Crippen LogP contribution is 2.21. The first-order valence-electron chi connectivity index (χ1n) is 6.96. The molecule has 0 saturated carbocycles. The molecule has 0 aliphatic carbocycles. The number of nitrogens with one attached hydrogen (secondary N) is 1. The minimum atomic E-state index is -0.0708. The summed E-state index contributed by atoms with van der Waals surface area (Å²) in [5.74, 6) is 1.06. The summed E-state index contributed by atoms with van der Waals surface area (Å²) < 4.78 is 2.06. The van der Waals surface area contributed by atoms with Crippen LogP contribution in [-0.4, -0.2) is 9.78 Å². The lowest BCUT2D eigenvalue weighted by Gasteiger charge is -2.25. The second-order valence-electron chi connectivity index (χ2n) is 7.07. The minimum absolute atomic E-state index is 0.0708. The molecule has 104 valence electrons. The molecule has 1 aromatic heterocycles. The maximum Gasteiger partial charge on any atom is 0.267 e. The summed E-state index contributed by atoms with van der Waals surface area (Å²) >= 11 is 0. The second-order valence-corrected chi connectivity index (χ2v) is 7.07. The Morgan fingerprint density at radius 1 is 1.06 bits per heavy atom. The quantitative estimate of drug-likeness (QED) is 0.877. The molecule has 1 aromatic rings. The van der Waals surface area contributed by atoms with Crippen LogP contribution in [0.15, 0.2) is 4.79 Å². The molecule has 0 aliphatic rings. The van der Waals surface area contributed by atoms with Crippen molar-refractivity contribution in [1.82, 2.24) is 9.78 Å². The molecular formula is C15H28N2O. The molecule has 0 bridgehead atoms. The van der Waals surface area contributed by atoms with Crippen LogP contribution in [0.2, 0.25) is 0 Å². The van der Waals surface area contributed by atoms with Gasteiger partial charge in [0.25, 0.3) is 5.56 Å². The second kappa shape index (κ2) is 5.33. The zero-order valence-electron chi connectivity index (χ0n) is 12.9. The van der Waals surface area contributed by atoms with Gasteiger partial charge >= 0.3 is 0 Å². The van der Waals surface area contributed by atoms with Crippen LogP contribution in [0.5, 0.6) is 0 Å². The molecule has 0 radical (unpaired) electrons. The molecule has 1 N–H and O–H groups in total. The standard InChI is InChI=1S/C15H28N2O/c1-10(2)8-12-13(9-11(3)4)17(15(5,6)7)16-14(12)18/h10-11H,8-9H2,1-7H3,(H,16,18). The first-order chi connectivity index (χ1) is 8.12. The van der Waals surface area contributed by atoms with E-state index in [2.05, 4.69) is 58.2 Å². The predicted molar refractivity (Wildman–Crippen MR) is 77.1 cm³/mol. The Morgan fingerprint density at radius 3 is 1.94 bits per heavy atom. The third-order valence-electron chi connectivity index (χ3n) is 2.99. The lowest BCUT2D eigenvalue weighted by atomic mass is 9.97.